The molecule has 1 unspecified atom stereocenters. The van der Waals surface area contributed by atoms with Crippen LogP contribution < -0.4 is 0 Å². The third-order valence-electron chi connectivity index (χ3n) is 5.37. The quantitative estimate of drug-likeness (QED) is 0.855. The minimum atomic E-state index is -0.795. The lowest BCUT2D eigenvalue weighted by atomic mass is 9.66. The van der Waals surface area contributed by atoms with E-state index >= 15 is 0 Å². The SMILES string of the molecule is CC1CCN(C(=O)CC2(C(=O)O)CCC2)CC1(C)C. The van der Waals surface area contributed by atoms with Gasteiger partial charge >= 0.3 is 5.97 Å². The van der Waals surface area contributed by atoms with Gasteiger partial charge in [0.25, 0.3) is 0 Å². The minimum absolute atomic E-state index is 0.0297. The van der Waals surface area contributed by atoms with E-state index in [0.717, 1.165) is 25.9 Å². The molecule has 0 radical (unpaired) electrons. The van der Waals surface area contributed by atoms with E-state index in [9.17, 15) is 14.7 Å². The Bertz CT molecular complexity index is 385. The maximum absolute atomic E-state index is 12.4. The number of carboxylic acid groups (broad SMARTS) is 1. The molecule has 2 rings (SSSR count). The standard InChI is InChI=1S/C15H25NO3/c1-11-5-8-16(10-14(11,2)3)12(17)9-15(13(18)19)6-4-7-15/h11H,4-10H2,1-3H3,(H,18,19). The van der Waals surface area contributed by atoms with Crippen molar-refractivity contribution in [3.8, 4) is 0 Å². The van der Waals surface area contributed by atoms with Crippen LogP contribution in [-0.4, -0.2) is 35.0 Å². The Morgan fingerprint density at radius 2 is 1.95 bits per heavy atom. The first kappa shape index (κ1) is 14.4. The van der Waals surface area contributed by atoms with Crippen LogP contribution in [0.15, 0.2) is 0 Å². The van der Waals surface area contributed by atoms with Crippen molar-refractivity contribution in [1.82, 2.24) is 4.90 Å². The molecule has 0 spiro atoms. The molecule has 4 nitrogen and oxygen atoms in total. The van der Waals surface area contributed by atoms with Gasteiger partial charge in [0.2, 0.25) is 5.91 Å². The van der Waals surface area contributed by atoms with Crippen LogP contribution in [-0.2, 0) is 9.59 Å². The fourth-order valence-corrected chi connectivity index (χ4v) is 3.15. The number of hydrogen-bond donors (Lipinski definition) is 1. The van der Waals surface area contributed by atoms with Crippen LogP contribution in [0.4, 0.5) is 0 Å². The second-order valence-corrected chi connectivity index (χ2v) is 7.11. The van der Waals surface area contributed by atoms with Crippen molar-refractivity contribution in [3.63, 3.8) is 0 Å². The van der Waals surface area contributed by atoms with Crippen molar-refractivity contribution in [3.05, 3.63) is 0 Å². The molecule has 0 bridgehead atoms. The molecular weight excluding hydrogens is 242 g/mol. The summed E-state index contributed by atoms with van der Waals surface area (Å²) in [7, 11) is 0. The molecule has 4 heteroatoms. The molecule has 1 atom stereocenters. The van der Waals surface area contributed by atoms with Gasteiger partial charge in [-0.15, -0.1) is 0 Å². The smallest absolute Gasteiger partial charge is 0.310 e. The van der Waals surface area contributed by atoms with E-state index in [0.29, 0.717) is 18.8 Å². The number of carbonyl (C=O) groups excluding carboxylic acids is 1. The Morgan fingerprint density at radius 3 is 2.37 bits per heavy atom. The predicted octanol–water partition coefficient (Wildman–Crippen LogP) is 2.53. The third kappa shape index (κ3) is 2.63. The molecule has 19 heavy (non-hydrogen) atoms. The zero-order valence-electron chi connectivity index (χ0n) is 12.2. The van der Waals surface area contributed by atoms with Gasteiger partial charge in [-0.3, -0.25) is 9.59 Å². The highest BCUT2D eigenvalue weighted by Gasteiger charge is 2.47. The molecule has 2 aliphatic rings. The molecule has 2 fully saturated rings. The van der Waals surface area contributed by atoms with Crippen molar-refractivity contribution >= 4 is 11.9 Å². The zero-order chi connectivity index (χ0) is 14.3. The van der Waals surface area contributed by atoms with Gasteiger partial charge in [-0.2, -0.15) is 0 Å². The topological polar surface area (TPSA) is 57.6 Å². The summed E-state index contributed by atoms with van der Waals surface area (Å²) in [6.07, 6.45) is 3.44. The molecule has 0 aromatic carbocycles. The van der Waals surface area contributed by atoms with Crippen LogP contribution in [0.5, 0.6) is 0 Å². The van der Waals surface area contributed by atoms with Gasteiger partial charge < -0.3 is 10.0 Å². The number of hydrogen-bond acceptors (Lipinski definition) is 2. The zero-order valence-corrected chi connectivity index (χ0v) is 12.2. The van der Waals surface area contributed by atoms with Crippen LogP contribution in [0.1, 0.15) is 52.9 Å². The van der Waals surface area contributed by atoms with Gasteiger partial charge in [0, 0.05) is 19.5 Å². The van der Waals surface area contributed by atoms with Crippen molar-refractivity contribution < 1.29 is 14.7 Å². The summed E-state index contributed by atoms with van der Waals surface area (Å²) in [6, 6.07) is 0. The molecular formula is C15H25NO3. The average Bonchev–Trinajstić information content (AvgIpc) is 2.26. The second-order valence-electron chi connectivity index (χ2n) is 7.11. The van der Waals surface area contributed by atoms with E-state index in [1.807, 2.05) is 4.90 Å². The number of rotatable bonds is 3. The predicted molar refractivity (Wildman–Crippen MR) is 72.7 cm³/mol. The molecule has 108 valence electrons. The molecule has 1 aliphatic carbocycles. The Labute approximate surface area is 115 Å². The number of likely N-dealkylation sites (tertiary alicyclic amines) is 1. The molecule has 0 aromatic rings. The van der Waals surface area contributed by atoms with Gasteiger partial charge in [-0.25, -0.2) is 0 Å². The van der Waals surface area contributed by atoms with E-state index in [1.165, 1.54) is 0 Å². The van der Waals surface area contributed by atoms with Gasteiger partial charge in [0.15, 0.2) is 0 Å². The van der Waals surface area contributed by atoms with Crippen molar-refractivity contribution in [1.29, 1.82) is 0 Å². The Kier molecular flexibility index (Phi) is 3.63. The lowest BCUT2D eigenvalue weighted by Crippen LogP contribution is -2.50. The number of carbonyl (C=O) groups is 2. The van der Waals surface area contributed by atoms with Gasteiger partial charge in [-0.05, 0) is 30.6 Å². The molecule has 1 saturated carbocycles. The average molecular weight is 267 g/mol. The summed E-state index contributed by atoms with van der Waals surface area (Å²) in [4.78, 5) is 25.6. The lowest BCUT2D eigenvalue weighted by molar-refractivity contribution is -0.160. The maximum atomic E-state index is 12.4. The van der Waals surface area contributed by atoms with E-state index in [1.54, 1.807) is 0 Å². The highest BCUT2D eigenvalue weighted by atomic mass is 16.4. The monoisotopic (exact) mass is 267 g/mol. The number of nitrogens with zero attached hydrogens (tertiary/aromatic N) is 1. The van der Waals surface area contributed by atoms with Gasteiger partial charge in [0.1, 0.15) is 0 Å². The van der Waals surface area contributed by atoms with E-state index in [2.05, 4.69) is 20.8 Å². The minimum Gasteiger partial charge on any atom is -0.481 e. The van der Waals surface area contributed by atoms with Crippen LogP contribution in [0, 0.1) is 16.7 Å². The van der Waals surface area contributed by atoms with Crippen molar-refractivity contribution in [2.45, 2.75) is 52.9 Å². The molecule has 1 amide bonds. The summed E-state index contributed by atoms with van der Waals surface area (Å²) >= 11 is 0. The fraction of sp³-hybridized carbons (Fsp3) is 0.867. The normalized spacial score (nSPS) is 28.6. The lowest BCUT2D eigenvalue weighted by Gasteiger charge is -2.45. The molecule has 1 aliphatic heterocycles. The largest absolute Gasteiger partial charge is 0.481 e. The molecule has 1 N–H and O–H groups in total. The van der Waals surface area contributed by atoms with Crippen LogP contribution >= 0.6 is 0 Å². The van der Waals surface area contributed by atoms with Crippen LogP contribution in [0.3, 0.4) is 0 Å². The third-order valence-corrected chi connectivity index (χ3v) is 5.37. The highest BCUT2D eigenvalue weighted by molar-refractivity contribution is 5.85. The van der Waals surface area contributed by atoms with E-state index in [-0.39, 0.29) is 17.7 Å². The highest BCUT2D eigenvalue weighted by Crippen LogP contribution is 2.45. The summed E-state index contributed by atoms with van der Waals surface area (Å²) in [5, 5.41) is 9.30. The Morgan fingerprint density at radius 1 is 1.32 bits per heavy atom. The summed E-state index contributed by atoms with van der Waals surface area (Å²) in [5.74, 6) is -0.160. The summed E-state index contributed by atoms with van der Waals surface area (Å²) in [6.45, 7) is 8.13. The van der Waals surface area contributed by atoms with Crippen LogP contribution in [0.2, 0.25) is 0 Å². The number of aliphatic carboxylic acids is 1. The van der Waals surface area contributed by atoms with E-state index < -0.39 is 11.4 Å². The number of amides is 1. The second kappa shape index (κ2) is 4.80. The molecule has 0 aromatic heterocycles. The van der Waals surface area contributed by atoms with Crippen LogP contribution in [0.25, 0.3) is 0 Å². The molecule has 1 heterocycles. The Balaban J connectivity index is 1.99. The molecule has 1 saturated heterocycles. The Hall–Kier alpha value is -1.06. The van der Waals surface area contributed by atoms with Crippen molar-refractivity contribution in [2.24, 2.45) is 16.7 Å². The first-order chi connectivity index (χ1) is 8.77. The van der Waals surface area contributed by atoms with E-state index in [4.69, 9.17) is 0 Å². The summed E-state index contributed by atoms with van der Waals surface area (Å²) in [5.41, 5.74) is -0.631. The first-order valence-corrected chi connectivity index (χ1v) is 7.28. The maximum Gasteiger partial charge on any atom is 0.310 e. The van der Waals surface area contributed by atoms with Crippen molar-refractivity contribution in [2.75, 3.05) is 13.1 Å². The first-order valence-electron chi connectivity index (χ1n) is 7.28. The number of piperidine rings is 1. The summed E-state index contributed by atoms with van der Waals surface area (Å²) < 4.78 is 0. The fourth-order valence-electron chi connectivity index (χ4n) is 3.15. The number of carboxylic acids is 1. The van der Waals surface area contributed by atoms with Gasteiger partial charge in [-0.1, -0.05) is 27.2 Å². The van der Waals surface area contributed by atoms with Gasteiger partial charge in [0.05, 0.1) is 5.41 Å².